The van der Waals surface area contributed by atoms with E-state index in [-0.39, 0.29) is 42.2 Å². The molecule has 0 aromatic carbocycles. The summed E-state index contributed by atoms with van der Waals surface area (Å²) in [4.78, 5) is 24.8. The molecule has 5 atom stereocenters. The highest BCUT2D eigenvalue weighted by atomic mass is 32.2. The third kappa shape index (κ3) is 4.27. The summed E-state index contributed by atoms with van der Waals surface area (Å²) in [5.41, 5.74) is -0.392. The molecular formula is C22H34O7S. The fourth-order valence-electron chi connectivity index (χ4n) is 7.22. The zero-order chi connectivity index (χ0) is 21.7. The van der Waals surface area contributed by atoms with Gasteiger partial charge in [0.2, 0.25) is 0 Å². The van der Waals surface area contributed by atoms with Crippen LogP contribution in [0.2, 0.25) is 0 Å². The maximum Gasteiger partial charge on any atom is 0.309 e. The van der Waals surface area contributed by atoms with E-state index in [4.69, 9.17) is 9.47 Å². The summed E-state index contributed by atoms with van der Waals surface area (Å²) in [5.74, 6) is -0.0133. The number of hydrogen-bond acceptors (Lipinski definition) is 6. The highest BCUT2D eigenvalue weighted by Crippen LogP contribution is 2.58. The molecule has 1 N–H and O–H groups in total. The van der Waals surface area contributed by atoms with Gasteiger partial charge in [0.15, 0.2) is 0 Å². The minimum atomic E-state index is -4.16. The third-order valence-electron chi connectivity index (χ3n) is 8.07. The topological polar surface area (TPSA) is 107 Å². The van der Waals surface area contributed by atoms with Gasteiger partial charge < -0.3 is 9.47 Å². The van der Waals surface area contributed by atoms with Crippen molar-refractivity contribution in [3.05, 3.63) is 0 Å². The molecule has 4 bridgehead atoms. The maximum absolute atomic E-state index is 13.2. The molecule has 5 aliphatic rings. The predicted molar refractivity (Wildman–Crippen MR) is 109 cm³/mol. The highest BCUT2D eigenvalue weighted by Gasteiger charge is 2.58. The van der Waals surface area contributed by atoms with Crippen molar-refractivity contribution in [1.82, 2.24) is 0 Å². The van der Waals surface area contributed by atoms with Crippen molar-refractivity contribution in [2.24, 2.45) is 29.6 Å². The molecule has 8 heteroatoms. The largest absolute Gasteiger partial charge is 0.462 e. The molecule has 0 radical (unpaired) electrons. The first-order valence-corrected chi connectivity index (χ1v) is 13.0. The molecule has 0 heterocycles. The Morgan fingerprint density at radius 2 is 1.73 bits per heavy atom. The highest BCUT2D eigenvalue weighted by molar-refractivity contribution is 7.86. The van der Waals surface area contributed by atoms with Crippen LogP contribution >= 0.6 is 0 Å². The standard InChI is InChI=1S/C22H34O7S/c1-3-4-15-5-6-18(30(25,26)27)9-19(15)21(24)28-20-16-7-14-8-17(20)12-22(10-14,11-16)29-13(2)23/h14-20H,3-12H2,1-2H3,(H,25,26,27). The smallest absolute Gasteiger partial charge is 0.309 e. The molecule has 5 saturated carbocycles. The molecule has 0 aromatic rings. The Kier molecular flexibility index (Phi) is 5.94. The summed E-state index contributed by atoms with van der Waals surface area (Å²) < 4.78 is 44.8. The van der Waals surface area contributed by atoms with Gasteiger partial charge in [-0.1, -0.05) is 13.3 Å². The van der Waals surface area contributed by atoms with Gasteiger partial charge in [-0.25, -0.2) is 0 Å². The monoisotopic (exact) mass is 442 g/mol. The van der Waals surface area contributed by atoms with Crippen LogP contribution in [0.4, 0.5) is 0 Å². The third-order valence-corrected chi connectivity index (χ3v) is 9.34. The van der Waals surface area contributed by atoms with Gasteiger partial charge in [0.05, 0.1) is 11.2 Å². The van der Waals surface area contributed by atoms with E-state index in [0.29, 0.717) is 18.8 Å². The SMILES string of the molecule is CCCC1CCC(S(=O)(=O)O)CC1C(=O)OC1C2CC3CC1CC(OC(C)=O)(C3)C2. The molecule has 0 saturated heterocycles. The quantitative estimate of drug-likeness (QED) is 0.495. The van der Waals surface area contributed by atoms with Crippen LogP contribution in [0.1, 0.15) is 78.1 Å². The molecular weight excluding hydrogens is 408 g/mol. The second kappa shape index (κ2) is 8.08. The Hall–Kier alpha value is -1.15. The molecule has 170 valence electrons. The molecule has 5 unspecified atom stereocenters. The molecule has 0 aliphatic heterocycles. The zero-order valence-electron chi connectivity index (χ0n) is 17.9. The van der Waals surface area contributed by atoms with Crippen molar-refractivity contribution in [2.45, 2.75) is 95.0 Å². The lowest BCUT2D eigenvalue weighted by Gasteiger charge is -2.58. The summed E-state index contributed by atoms with van der Waals surface area (Å²) >= 11 is 0. The second-order valence-corrected chi connectivity index (χ2v) is 12.0. The molecule has 0 amide bonds. The van der Waals surface area contributed by atoms with Crippen LogP contribution in [0, 0.1) is 29.6 Å². The van der Waals surface area contributed by atoms with Crippen molar-refractivity contribution in [2.75, 3.05) is 0 Å². The van der Waals surface area contributed by atoms with Crippen LogP contribution in [0.3, 0.4) is 0 Å². The lowest BCUT2D eigenvalue weighted by molar-refractivity contribution is -0.216. The van der Waals surface area contributed by atoms with Crippen molar-refractivity contribution in [1.29, 1.82) is 0 Å². The molecule has 7 nitrogen and oxygen atoms in total. The number of carbonyl (C=O) groups excluding carboxylic acids is 2. The van der Waals surface area contributed by atoms with Gasteiger partial charge in [0.1, 0.15) is 11.7 Å². The van der Waals surface area contributed by atoms with E-state index in [1.165, 1.54) is 6.92 Å². The van der Waals surface area contributed by atoms with Gasteiger partial charge in [0.25, 0.3) is 10.1 Å². The molecule has 5 fully saturated rings. The van der Waals surface area contributed by atoms with Gasteiger partial charge in [-0.2, -0.15) is 8.42 Å². The average Bonchev–Trinajstić information content (AvgIpc) is 2.62. The minimum absolute atomic E-state index is 0.102. The van der Waals surface area contributed by atoms with E-state index < -0.39 is 26.9 Å². The summed E-state index contributed by atoms with van der Waals surface area (Å²) in [5, 5.41) is -0.881. The lowest BCUT2D eigenvalue weighted by atomic mass is 9.53. The first-order chi connectivity index (χ1) is 14.1. The van der Waals surface area contributed by atoms with Crippen molar-refractivity contribution < 1.29 is 32.0 Å². The average molecular weight is 443 g/mol. The van der Waals surface area contributed by atoms with Gasteiger partial charge in [-0.15, -0.1) is 0 Å². The minimum Gasteiger partial charge on any atom is -0.462 e. The van der Waals surface area contributed by atoms with Gasteiger partial charge in [0, 0.05) is 18.8 Å². The first kappa shape index (κ1) is 22.1. The van der Waals surface area contributed by atoms with E-state index in [9.17, 15) is 22.6 Å². The van der Waals surface area contributed by atoms with E-state index in [1.807, 2.05) is 0 Å². The fraction of sp³-hybridized carbons (Fsp3) is 0.909. The van der Waals surface area contributed by atoms with E-state index in [1.54, 1.807) is 0 Å². The van der Waals surface area contributed by atoms with Gasteiger partial charge in [-0.05, 0) is 69.6 Å². The summed E-state index contributed by atoms with van der Waals surface area (Å²) in [6.07, 6.45) is 7.15. The van der Waals surface area contributed by atoms with Crippen LogP contribution in [-0.4, -0.2) is 41.9 Å². The fourth-order valence-corrected chi connectivity index (χ4v) is 8.10. The number of rotatable bonds is 6. The van der Waals surface area contributed by atoms with E-state index in [2.05, 4.69) is 6.92 Å². The maximum atomic E-state index is 13.2. The molecule has 0 spiro atoms. The predicted octanol–water partition coefficient (Wildman–Crippen LogP) is 3.51. The Labute approximate surface area is 179 Å². The van der Waals surface area contributed by atoms with Crippen LogP contribution in [0.25, 0.3) is 0 Å². The van der Waals surface area contributed by atoms with Crippen LogP contribution < -0.4 is 0 Å². The first-order valence-electron chi connectivity index (χ1n) is 11.5. The van der Waals surface area contributed by atoms with Crippen molar-refractivity contribution in [3.63, 3.8) is 0 Å². The Morgan fingerprint density at radius 1 is 1.07 bits per heavy atom. The Morgan fingerprint density at radius 3 is 2.30 bits per heavy atom. The second-order valence-electron chi connectivity index (χ2n) is 10.3. The molecule has 5 rings (SSSR count). The Balaban J connectivity index is 1.47. The number of hydrogen-bond donors (Lipinski definition) is 1. The van der Waals surface area contributed by atoms with Gasteiger partial charge >= 0.3 is 11.9 Å². The number of esters is 2. The molecule has 0 aromatic heterocycles. The summed E-state index contributed by atoms with van der Waals surface area (Å²) in [6, 6.07) is 0. The normalized spacial score (nSPS) is 42.7. The molecule has 30 heavy (non-hydrogen) atoms. The summed E-state index contributed by atoms with van der Waals surface area (Å²) in [7, 11) is -4.16. The summed E-state index contributed by atoms with van der Waals surface area (Å²) in [6.45, 7) is 3.52. The van der Waals surface area contributed by atoms with Crippen molar-refractivity contribution >= 4 is 22.1 Å². The van der Waals surface area contributed by atoms with Crippen LogP contribution in [-0.2, 0) is 29.2 Å². The zero-order valence-corrected chi connectivity index (χ0v) is 18.7. The van der Waals surface area contributed by atoms with Crippen LogP contribution in [0.15, 0.2) is 0 Å². The lowest BCUT2D eigenvalue weighted by Crippen LogP contribution is -2.59. The van der Waals surface area contributed by atoms with E-state index in [0.717, 1.165) is 44.9 Å². The Bertz CT molecular complexity index is 775. The van der Waals surface area contributed by atoms with Gasteiger partial charge in [-0.3, -0.25) is 14.1 Å². The number of carbonyl (C=O) groups is 2. The van der Waals surface area contributed by atoms with Crippen LogP contribution in [0.5, 0.6) is 0 Å². The van der Waals surface area contributed by atoms with Crippen molar-refractivity contribution in [3.8, 4) is 0 Å². The van der Waals surface area contributed by atoms with E-state index >= 15 is 0 Å². The number of ether oxygens (including phenoxy) is 2. The molecule has 5 aliphatic carbocycles.